The molecular formula is C22H19NO8S. The van der Waals surface area contributed by atoms with Crippen LogP contribution in [0.25, 0.3) is 6.08 Å². The van der Waals surface area contributed by atoms with Gasteiger partial charge in [0.15, 0.2) is 18.1 Å². The SMILES string of the molecule is COC(=O)c1ccc(CN2C(=O)S/C(=C\c3ccc(OCC(=O)O)c(OC)c3)C2=O)cc1. The van der Waals surface area contributed by atoms with Crippen LogP contribution in [0.4, 0.5) is 4.79 Å². The number of benzene rings is 2. The number of thioether (sulfide) groups is 1. The van der Waals surface area contributed by atoms with Crippen LogP contribution in [-0.4, -0.2) is 53.9 Å². The van der Waals surface area contributed by atoms with Gasteiger partial charge in [-0.05, 0) is 53.2 Å². The molecule has 1 heterocycles. The van der Waals surface area contributed by atoms with E-state index < -0.39 is 29.7 Å². The van der Waals surface area contributed by atoms with Gasteiger partial charge in [0, 0.05) is 0 Å². The molecule has 1 aliphatic heterocycles. The first-order valence-electron chi connectivity index (χ1n) is 9.27. The van der Waals surface area contributed by atoms with Crippen LogP contribution in [0.15, 0.2) is 47.4 Å². The van der Waals surface area contributed by atoms with Gasteiger partial charge in [-0.3, -0.25) is 14.5 Å². The quantitative estimate of drug-likeness (QED) is 0.471. The van der Waals surface area contributed by atoms with Gasteiger partial charge in [0.2, 0.25) is 0 Å². The minimum absolute atomic E-state index is 0.0642. The third kappa shape index (κ3) is 5.27. The molecule has 166 valence electrons. The van der Waals surface area contributed by atoms with Crippen molar-refractivity contribution in [1.29, 1.82) is 0 Å². The molecule has 1 saturated heterocycles. The normalized spacial score (nSPS) is 14.6. The molecule has 3 rings (SSSR count). The van der Waals surface area contributed by atoms with E-state index in [1.165, 1.54) is 20.3 Å². The largest absolute Gasteiger partial charge is 0.493 e. The first-order chi connectivity index (χ1) is 15.3. The van der Waals surface area contributed by atoms with Crippen molar-refractivity contribution in [1.82, 2.24) is 4.90 Å². The molecule has 0 spiro atoms. The lowest BCUT2D eigenvalue weighted by Crippen LogP contribution is -2.27. The maximum Gasteiger partial charge on any atom is 0.341 e. The number of aliphatic carboxylic acids is 1. The number of carboxylic acids is 1. The van der Waals surface area contributed by atoms with E-state index in [0.717, 1.165) is 16.7 Å². The molecule has 2 aromatic rings. The second-order valence-corrected chi connectivity index (χ2v) is 7.54. The first-order valence-corrected chi connectivity index (χ1v) is 10.1. The van der Waals surface area contributed by atoms with Gasteiger partial charge in [0.1, 0.15) is 0 Å². The van der Waals surface area contributed by atoms with E-state index in [2.05, 4.69) is 4.74 Å². The Kier molecular flexibility index (Phi) is 7.16. The summed E-state index contributed by atoms with van der Waals surface area (Å²) in [6.45, 7) is -0.454. The van der Waals surface area contributed by atoms with E-state index in [0.29, 0.717) is 22.4 Å². The zero-order valence-corrected chi connectivity index (χ0v) is 18.0. The maximum absolute atomic E-state index is 12.8. The number of ether oxygens (including phenoxy) is 3. The van der Waals surface area contributed by atoms with Crippen LogP contribution in [0.3, 0.4) is 0 Å². The Balaban J connectivity index is 1.75. The maximum atomic E-state index is 12.8. The fraction of sp³-hybridized carbons (Fsp3) is 0.182. The van der Waals surface area contributed by atoms with Crippen LogP contribution in [0.1, 0.15) is 21.5 Å². The average Bonchev–Trinajstić information content (AvgIpc) is 3.05. The molecule has 1 fully saturated rings. The van der Waals surface area contributed by atoms with Gasteiger partial charge >= 0.3 is 11.9 Å². The van der Waals surface area contributed by atoms with Crippen molar-refractivity contribution in [2.75, 3.05) is 20.8 Å². The van der Waals surface area contributed by atoms with Crippen molar-refractivity contribution in [3.63, 3.8) is 0 Å². The molecule has 0 radical (unpaired) electrons. The van der Waals surface area contributed by atoms with Crippen molar-refractivity contribution in [3.05, 3.63) is 64.1 Å². The van der Waals surface area contributed by atoms with Gasteiger partial charge in [-0.1, -0.05) is 18.2 Å². The highest BCUT2D eigenvalue weighted by molar-refractivity contribution is 8.18. The van der Waals surface area contributed by atoms with Crippen molar-refractivity contribution >= 4 is 40.9 Å². The Bertz CT molecular complexity index is 1090. The van der Waals surface area contributed by atoms with Crippen molar-refractivity contribution in [2.24, 2.45) is 0 Å². The number of carboxylic acid groups (broad SMARTS) is 1. The summed E-state index contributed by atoms with van der Waals surface area (Å²) in [5.74, 6) is -1.49. The van der Waals surface area contributed by atoms with E-state index in [9.17, 15) is 19.2 Å². The summed E-state index contributed by atoms with van der Waals surface area (Å²) in [6, 6.07) is 11.2. The molecule has 0 saturated carbocycles. The molecule has 9 nitrogen and oxygen atoms in total. The van der Waals surface area contributed by atoms with E-state index >= 15 is 0 Å². The number of carbonyl (C=O) groups excluding carboxylic acids is 3. The second-order valence-electron chi connectivity index (χ2n) is 6.55. The lowest BCUT2D eigenvalue weighted by atomic mass is 10.1. The Morgan fingerprint density at radius 3 is 2.41 bits per heavy atom. The predicted octanol–water partition coefficient (Wildman–Crippen LogP) is 3.18. The Morgan fingerprint density at radius 1 is 1.06 bits per heavy atom. The predicted molar refractivity (Wildman–Crippen MR) is 115 cm³/mol. The Hall–Kier alpha value is -3.79. The highest BCUT2D eigenvalue weighted by atomic mass is 32.2. The topological polar surface area (TPSA) is 119 Å². The van der Waals surface area contributed by atoms with Crippen LogP contribution >= 0.6 is 11.8 Å². The first kappa shape index (κ1) is 22.9. The van der Waals surface area contributed by atoms with Gasteiger partial charge in [-0.15, -0.1) is 0 Å². The number of amides is 2. The number of rotatable bonds is 8. The summed E-state index contributed by atoms with van der Waals surface area (Å²) >= 11 is 0.814. The molecule has 0 aromatic heterocycles. The van der Waals surface area contributed by atoms with E-state index in [1.54, 1.807) is 42.5 Å². The second kappa shape index (κ2) is 10.0. The average molecular weight is 457 g/mol. The van der Waals surface area contributed by atoms with E-state index in [-0.39, 0.29) is 17.2 Å². The number of hydrogen-bond donors (Lipinski definition) is 1. The summed E-state index contributed by atoms with van der Waals surface area (Å²) < 4.78 is 15.0. The Morgan fingerprint density at radius 2 is 1.78 bits per heavy atom. The molecule has 0 bridgehead atoms. The number of carbonyl (C=O) groups is 4. The molecule has 10 heteroatoms. The highest BCUT2D eigenvalue weighted by Crippen LogP contribution is 2.35. The van der Waals surface area contributed by atoms with E-state index in [4.69, 9.17) is 14.6 Å². The number of esters is 1. The van der Waals surface area contributed by atoms with Crippen molar-refractivity contribution in [2.45, 2.75) is 6.54 Å². The minimum atomic E-state index is -1.12. The molecule has 2 amide bonds. The van der Waals surface area contributed by atoms with Crippen LogP contribution < -0.4 is 9.47 Å². The fourth-order valence-electron chi connectivity index (χ4n) is 2.87. The van der Waals surface area contributed by atoms with Gasteiger partial charge in [0.05, 0.1) is 31.2 Å². The molecule has 0 atom stereocenters. The lowest BCUT2D eigenvalue weighted by Gasteiger charge is -2.12. The van der Waals surface area contributed by atoms with Gasteiger partial charge in [-0.2, -0.15) is 0 Å². The summed E-state index contributed by atoms with van der Waals surface area (Å²) in [4.78, 5) is 48.7. The van der Waals surface area contributed by atoms with E-state index in [1.807, 2.05) is 0 Å². The van der Waals surface area contributed by atoms with Crippen molar-refractivity contribution in [3.8, 4) is 11.5 Å². The summed E-state index contributed by atoms with van der Waals surface area (Å²) in [6.07, 6.45) is 1.55. The third-order valence-electron chi connectivity index (χ3n) is 4.43. The van der Waals surface area contributed by atoms with Crippen LogP contribution in [-0.2, 0) is 20.9 Å². The number of nitrogens with zero attached hydrogens (tertiary/aromatic N) is 1. The summed E-state index contributed by atoms with van der Waals surface area (Å²) in [5, 5.41) is 8.33. The fourth-order valence-corrected chi connectivity index (χ4v) is 3.71. The third-order valence-corrected chi connectivity index (χ3v) is 5.33. The molecule has 32 heavy (non-hydrogen) atoms. The molecule has 1 N–H and O–H groups in total. The van der Waals surface area contributed by atoms with Crippen LogP contribution in [0.2, 0.25) is 0 Å². The standard InChI is InChI=1S/C22H19NO8S/c1-29-17-9-14(5-8-16(17)31-12-19(24)25)10-18-20(26)23(22(28)32-18)11-13-3-6-15(7-4-13)21(27)30-2/h3-10H,11-12H2,1-2H3,(H,24,25)/b18-10-. The smallest absolute Gasteiger partial charge is 0.341 e. The number of hydrogen-bond acceptors (Lipinski definition) is 8. The zero-order chi connectivity index (χ0) is 23.3. The number of imide groups is 1. The van der Waals surface area contributed by atoms with Gasteiger partial charge in [-0.25, -0.2) is 9.59 Å². The van der Waals surface area contributed by atoms with Crippen LogP contribution in [0, 0.1) is 0 Å². The lowest BCUT2D eigenvalue weighted by molar-refractivity contribution is -0.139. The minimum Gasteiger partial charge on any atom is -0.493 e. The molecule has 1 aliphatic rings. The summed E-state index contributed by atoms with van der Waals surface area (Å²) in [5.41, 5.74) is 1.63. The monoisotopic (exact) mass is 457 g/mol. The number of methoxy groups -OCH3 is 2. The van der Waals surface area contributed by atoms with Gasteiger partial charge in [0.25, 0.3) is 11.1 Å². The van der Waals surface area contributed by atoms with Crippen LogP contribution in [0.5, 0.6) is 11.5 Å². The zero-order valence-electron chi connectivity index (χ0n) is 17.2. The van der Waals surface area contributed by atoms with Crippen molar-refractivity contribution < 1.29 is 38.5 Å². The molecule has 0 aliphatic carbocycles. The summed E-state index contributed by atoms with van der Waals surface area (Å²) in [7, 11) is 2.70. The highest BCUT2D eigenvalue weighted by Gasteiger charge is 2.35. The molecule has 2 aromatic carbocycles. The molecular weight excluding hydrogens is 438 g/mol. The molecule has 0 unspecified atom stereocenters. The van der Waals surface area contributed by atoms with Gasteiger partial charge < -0.3 is 19.3 Å². The Labute approximate surface area is 187 Å².